The summed E-state index contributed by atoms with van der Waals surface area (Å²) < 4.78 is 24.8. The first kappa shape index (κ1) is 18.3. The molecule has 114 valence electrons. The molecule has 7 heteroatoms. The minimum atomic E-state index is -3.41. The van der Waals surface area contributed by atoms with E-state index in [1.807, 2.05) is 20.8 Å². The highest BCUT2D eigenvalue weighted by Crippen LogP contribution is 2.06. The average Bonchev–Trinajstić information content (AvgIpc) is 2.22. The quantitative estimate of drug-likeness (QED) is 0.561. The predicted octanol–water partition coefficient (Wildman–Crippen LogP) is 0.0850. The van der Waals surface area contributed by atoms with Crippen LogP contribution >= 0.6 is 0 Å². The lowest BCUT2D eigenvalue weighted by atomic mass is 10.0. The van der Waals surface area contributed by atoms with Crippen LogP contribution in [0.2, 0.25) is 0 Å². The molecule has 0 aliphatic rings. The third kappa shape index (κ3) is 9.86. The van der Waals surface area contributed by atoms with Crippen molar-refractivity contribution in [2.24, 2.45) is 11.8 Å². The second kappa shape index (κ2) is 8.50. The normalized spacial score (nSPS) is 15.3. The van der Waals surface area contributed by atoms with Crippen LogP contribution in [-0.4, -0.2) is 44.9 Å². The van der Waals surface area contributed by atoms with Crippen LogP contribution in [0.4, 0.5) is 0 Å². The molecule has 0 heterocycles. The Labute approximate surface area is 116 Å². The van der Waals surface area contributed by atoms with Crippen LogP contribution < -0.4 is 10.0 Å². The van der Waals surface area contributed by atoms with Crippen molar-refractivity contribution in [1.29, 1.82) is 0 Å². The smallest absolute Gasteiger partial charge is 0.238 e. The minimum Gasteiger partial charge on any atom is -0.396 e. The van der Waals surface area contributed by atoms with Gasteiger partial charge < -0.3 is 10.4 Å². The summed E-state index contributed by atoms with van der Waals surface area (Å²) in [6, 6.07) is -0.740. The van der Waals surface area contributed by atoms with E-state index in [4.69, 9.17) is 5.11 Å². The molecule has 0 saturated carbocycles. The molecule has 0 radical (unpaired) electrons. The maximum atomic E-state index is 12.0. The maximum Gasteiger partial charge on any atom is 0.238 e. The van der Waals surface area contributed by atoms with E-state index in [-0.39, 0.29) is 24.3 Å². The lowest BCUT2D eigenvalue weighted by Crippen LogP contribution is -2.47. The molecule has 2 unspecified atom stereocenters. The topological polar surface area (TPSA) is 95.5 Å². The molecule has 0 aromatic rings. The Balaban J connectivity index is 4.46. The van der Waals surface area contributed by atoms with E-state index in [0.29, 0.717) is 19.4 Å². The summed E-state index contributed by atoms with van der Waals surface area (Å²) in [4.78, 5) is 12.0. The summed E-state index contributed by atoms with van der Waals surface area (Å²) in [6.07, 6.45) is 2.10. The van der Waals surface area contributed by atoms with Gasteiger partial charge in [-0.3, -0.25) is 4.79 Å². The number of hydrogen-bond donors (Lipinski definition) is 3. The molecule has 0 fully saturated rings. The third-order valence-corrected chi connectivity index (χ3v) is 3.34. The molecule has 0 spiro atoms. The van der Waals surface area contributed by atoms with Gasteiger partial charge in [-0.25, -0.2) is 13.1 Å². The van der Waals surface area contributed by atoms with Crippen molar-refractivity contribution in [2.75, 3.05) is 19.4 Å². The van der Waals surface area contributed by atoms with Gasteiger partial charge in [0.05, 0.1) is 6.26 Å². The SMILES string of the molecule is CC(C)CC(NS(C)(=O)=O)C(=O)NCC(C)CCO. The Kier molecular flexibility index (Phi) is 8.20. The third-order valence-electron chi connectivity index (χ3n) is 2.63. The zero-order chi connectivity index (χ0) is 15.1. The molecule has 3 N–H and O–H groups in total. The fourth-order valence-corrected chi connectivity index (χ4v) is 2.38. The molecule has 0 aliphatic carbocycles. The summed E-state index contributed by atoms with van der Waals surface area (Å²) in [5.41, 5.74) is 0. The van der Waals surface area contributed by atoms with Crippen LogP contribution in [0.15, 0.2) is 0 Å². The maximum absolute atomic E-state index is 12.0. The van der Waals surface area contributed by atoms with Crippen LogP contribution in [0.3, 0.4) is 0 Å². The first-order chi connectivity index (χ1) is 8.65. The van der Waals surface area contributed by atoms with Crippen LogP contribution in [0.25, 0.3) is 0 Å². The van der Waals surface area contributed by atoms with Crippen molar-refractivity contribution in [3.8, 4) is 0 Å². The van der Waals surface area contributed by atoms with Gasteiger partial charge in [-0.15, -0.1) is 0 Å². The average molecular weight is 294 g/mol. The van der Waals surface area contributed by atoms with Gasteiger partial charge in [-0.1, -0.05) is 20.8 Å². The molecule has 0 aromatic carbocycles. The first-order valence-corrected chi connectivity index (χ1v) is 8.40. The Hall–Kier alpha value is -0.660. The number of aliphatic hydroxyl groups is 1. The Morgan fingerprint density at radius 2 is 1.84 bits per heavy atom. The zero-order valence-electron chi connectivity index (χ0n) is 12.1. The summed E-state index contributed by atoms with van der Waals surface area (Å²) >= 11 is 0. The number of sulfonamides is 1. The van der Waals surface area contributed by atoms with Gasteiger partial charge >= 0.3 is 0 Å². The van der Waals surface area contributed by atoms with Gasteiger partial charge in [0.1, 0.15) is 6.04 Å². The number of aliphatic hydroxyl groups excluding tert-OH is 1. The van der Waals surface area contributed by atoms with Gasteiger partial charge in [-0.2, -0.15) is 0 Å². The Morgan fingerprint density at radius 3 is 2.26 bits per heavy atom. The molecule has 1 amide bonds. The largest absolute Gasteiger partial charge is 0.396 e. The van der Waals surface area contributed by atoms with E-state index in [9.17, 15) is 13.2 Å². The van der Waals surface area contributed by atoms with Crippen LogP contribution in [0.5, 0.6) is 0 Å². The van der Waals surface area contributed by atoms with E-state index in [1.54, 1.807) is 0 Å². The monoisotopic (exact) mass is 294 g/mol. The molecule has 19 heavy (non-hydrogen) atoms. The molecule has 0 bridgehead atoms. The highest BCUT2D eigenvalue weighted by atomic mass is 32.2. The molecular formula is C12H26N2O4S. The fourth-order valence-electron chi connectivity index (χ4n) is 1.66. The fraction of sp³-hybridized carbons (Fsp3) is 0.917. The standard InChI is InChI=1S/C12H26N2O4S/c1-9(2)7-11(14-19(4,17)18)12(16)13-8-10(3)5-6-15/h9-11,14-15H,5-8H2,1-4H3,(H,13,16). The van der Waals surface area contributed by atoms with Crippen LogP contribution in [-0.2, 0) is 14.8 Å². The molecule has 0 aromatic heterocycles. The van der Waals surface area contributed by atoms with Crippen molar-refractivity contribution in [1.82, 2.24) is 10.0 Å². The van der Waals surface area contributed by atoms with E-state index in [0.717, 1.165) is 6.26 Å². The van der Waals surface area contributed by atoms with Gasteiger partial charge in [0.15, 0.2) is 0 Å². The number of amides is 1. The molecule has 2 atom stereocenters. The van der Waals surface area contributed by atoms with E-state index in [2.05, 4.69) is 10.0 Å². The van der Waals surface area contributed by atoms with Gasteiger partial charge in [0.2, 0.25) is 15.9 Å². The molecule has 0 saturated heterocycles. The number of nitrogens with one attached hydrogen (secondary N) is 2. The van der Waals surface area contributed by atoms with E-state index >= 15 is 0 Å². The Bertz CT molecular complexity index is 368. The van der Waals surface area contributed by atoms with E-state index in [1.165, 1.54) is 0 Å². The zero-order valence-corrected chi connectivity index (χ0v) is 13.0. The number of carbonyl (C=O) groups excluding carboxylic acids is 1. The Morgan fingerprint density at radius 1 is 1.26 bits per heavy atom. The van der Waals surface area contributed by atoms with Gasteiger partial charge in [-0.05, 0) is 24.7 Å². The molecule has 0 aliphatic heterocycles. The summed E-state index contributed by atoms with van der Waals surface area (Å²) in [5, 5.41) is 11.5. The number of rotatable bonds is 9. The number of hydrogen-bond acceptors (Lipinski definition) is 4. The van der Waals surface area contributed by atoms with Crippen molar-refractivity contribution in [3.63, 3.8) is 0 Å². The van der Waals surface area contributed by atoms with E-state index < -0.39 is 16.1 Å². The second-order valence-corrected chi connectivity index (χ2v) is 7.21. The second-order valence-electron chi connectivity index (χ2n) is 5.43. The molecule has 6 nitrogen and oxygen atoms in total. The lowest BCUT2D eigenvalue weighted by molar-refractivity contribution is -0.123. The van der Waals surface area contributed by atoms with Crippen molar-refractivity contribution < 1.29 is 18.3 Å². The minimum absolute atomic E-state index is 0.0774. The highest BCUT2D eigenvalue weighted by Gasteiger charge is 2.23. The molecule has 0 rings (SSSR count). The summed E-state index contributed by atoms with van der Waals surface area (Å²) in [5.74, 6) is 0.0515. The number of carbonyl (C=O) groups is 1. The summed E-state index contributed by atoms with van der Waals surface area (Å²) in [7, 11) is -3.41. The highest BCUT2D eigenvalue weighted by molar-refractivity contribution is 7.88. The summed E-state index contributed by atoms with van der Waals surface area (Å²) in [6.45, 7) is 6.28. The van der Waals surface area contributed by atoms with Crippen molar-refractivity contribution >= 4 is 15.9 Å². The van der Waals surface area contributed by atoms with Crippen molar-refractivity contribution in [3.05, 3.63) is 0 Å². The predicted molar refractivity (Wildman–Crippen MR) is 75.1 cm³/mol. The lowest BCUT2D eigenvalue weighted by Gasteiger charge is -2.20. The van der Waals surface area contributed by atoms with Gasteiger partial charge in [0.25, 0.3) is 0 Å². The van der Waals surface area contributed by atoms with Crippen molar-refractivity contribution in [2.45, 2.75) is 39.7 Å². The first-order valence-electron chi connectivity index (χ1n) is 6.51. The van der Waals surface area contributed by atoms with Gasteiger partial charge in [0, 0.05) is 13.2 Å². The van der Waals surface area contributed by atoms with Crippen LogP contribution in [0, 0.1) is 11.8 Å². The molecular weight excluding hydrogens is 268 g/mol. The van der Waals surface area contributed by atoms with Crippen LogP contribution in [0.1, 0.15) is 33.6 Å².